The Morgan fingerprint density at radius 1 is 1.45 bits per heavy atom. The molecule has 2 heterocycles. The summed E-state index contributed by atoms with van der Waals surface area (Å²) in [7, 11) is 3.90. The van der Waals surface area contributed by atoms with Gasteiger partial charge in [0.25, 0.3) is 5.91 Å². The minimum absolute atomic E-state index is 0.151. The van der Waals surface area contributed by atoms with E-state index in [4.69, 9.17) is 0 Å². The maximum absolute atomic E-state index is 12.5. The minimum atomic E-state index is -0.917. The van der Waals surface area contributed by atoms with Crippen LogP contribution in [0, 0.1) is 6.92 Å². The number of piperidine rings is 1. The average molecular weight is 296 g/mol. The molecule has 2 rings (SSSR count). The van der Waals surface area contributed by atoms with Gasteiger partial charge in [-0.1, -0.05) is 0 Å². The largest absolute Gasteiger partial charge is 0.480 e. The smallest absolute Gasteiger partial charge is 0.326 e. The van der Waals surface area contributed by atoms with Crippen molar-refractivity contribution in [3.05, 3.63) is 21.9 Å². The van der Waals surface area contributed by atoms with Gasteiger partial charge in [-0.3, -0.25) is 4.79 Å². The van der Waals surface area contributed by atoms with Gasteiger partial charge in [0.05, 0.1) is 4.88 Å². The summed E-state index contributed by atoms with van der Waals surface area (Å²) < 4.78 is 0. The molecule has 1 aliphatic rings. The number of thiophene rings is 1. The standard InChI is InChI=1S/C14H20N2O3S/c1-9-5-7-20-12(9)13(17)16-6-4-10(15(2)3)8-11(16)14(18)19/h5,7,10-11H,4,6,8H2,1-3H3,(H,18,19). The predicted molar refractivity (Wildman–Crippen MR) is 78.2 cm³/mol. The molecule has 0 aromatic carbocycles. The van der Waals surface area contributed by atoms with Crippen LogP contribution in [-0.2, 0) is 4.79 Å². The van der Waals surface area contributed by atoms with Crippen LogP contribution in [0.1, 0.15) is 28.1 Å². The van der Waals surface area contributed by atoms with Crippen molar-refractivity contribution in [2.45, 2.75) is 31.8 Å². The molecule has 0 bridgehead atoms. The summed E-state index contributed by atoms with van der Waals surface area (Å²) in [5, 5.41) is 11.3. The van der Waals surface area contributed by atoms with Crippen LogP contribution in [0.3, 0.4) is 0 Å². The number of carboxylic acids is 1. The Morgan fingerprint density at radius 3 is 2.65 bits per heavy atom. The molecule has 0 radical (unpaired) electrons. The number of amides is 1. The zero-order chi connectivity index (χ0) is 14.9. The average Bonchev–Trinajstić information content (AvgIpc) is 2.83. The summed E-state index contributed by atoms with van der Waals surface area (Å²) in [6, 6.07) is 1.37. The molecule has 110 valence electrons. The third-order valence-corrected chi connectivity index (χ3v) is 4.91. The highest BCUT2D eigenvalue weighted by Gasteiger charge is 2.37. The second-order valence-corrected chi connectivity index (χ2v) is 6.34. The number of aryl methyl sites for hydroxylation is 1. The molecular weight excluding hydrogens is 276 g/mol. The number of carbonyl (C=O) groups excluding carboxylic acids is 1. The van der Waals surface area contributed by atoms with Gasteiger partial charge in [-0.25, -0.2) is 4.79 Å². The van der Waals surface area contributed by atoms with Crippen molar-refractivity contribution >= 4 is 23.2 Å². The Hall–Kier alpha value is -1.40. The molecule has 1 saturated heterocycles. The Bertz CT molecular complexity index is 512. The Morgan fingerprint density at radius 2 is 2.15 bits per heavy atom. The van der Waals surface area contributed by atoms with Gasteiger partial charge in [-0.05, 0) is 50.9 Å². The van der Waals surface area contributed by atoms with Gasteiger partial charge >= 0.3 is 5.97 Å². The van der Waals surface area contributed by atoms with Gasteiger partial charge in [0.1, 0.15) is 6.04 Å². The van der Waals surface area contributed by atoms with Crippen LogP contribution < -0.4 is 0 Å². The molecule has 1 N–H and O–H groups in total. The zero-order valence-corrected chi connectivity index (χ0v) is 12.8. The van der Waals surface area contributed by atoms with Crippen molar-refractivity contribution in [1.82, 2.24) is 9.80 Å². The van der Waals surface area contributed by atoms with E-state index < -0.39 is 12.0 Å². The number of nitrogens with zero attached hydrogens (tertiary/aromatic N) is 2. The normalized spacial score (nSPS) is 23.1. The molecule has 1 fully saturated rings. The van der Waals surface area contributed by atoms with E-state index in [2.05, 4.69) is 0 Å². The molecule has 2 atom stereocenters. The molecule has 1 amide bonds. The molecule has 0 saturated carbocycles. The van der Waals surface area contributed by atoms with Crippen LogP contribution in [0.2, 0.25) is 0 Å². The van der Waals surface area contributed by atoms with E-state index in [1.807, 2.05) is 37.4 Å². The van der Waals surface area contributed by atoms with Crippen molar-refractivity contribution in [2.24, 2.45) is 0 Å². The van der Waals surface area contributed by atoms with Crippen molar-refractivity contribution in [3.63, 3.8) is 0 Å². The highest BCUT2D eigenvalue weighted by Crippen LogP contribution is 2.25. The summed E-state index contributed by atoms with van der Waals surface area (Å²) in [5.74, 6) is -1.07. The first-order chi connectivity index (χ1) is 9.41. The second-order valence-electron chi connectivity index (χ2n) is 5.43. The molecule has 2 unspecified atom stereocenters. The summed E-state index contributed by atoms with van der Waals surface area (Å²) >= 11 is 1.38. The number of rotatable bonds is 3. The maximum Gasteiger partial charge on any atom is 0.326 e. The number of carbonyl (C=O) groups is 2. The lowest BCUT2D eigenvalue weighted by molar-refractivity contribution is -0.144. The number of hydrogen-bond acceptors (Lipinski definition) is 4. The molecule has 0 aliphatic carbocycles. The fraction of sp³-hybridized carbons (Fsp3) is 0.571. The molecule has 0 spiro atoms. The van der Waals surface area contributed by atoms with Crippen LogP contribution in [0.5, 0.6) is 0 Å². The van der Waals surface area contributed by atoms with E-state index in [0.717, 1.165) is 12.0 Å². The number of hydrogen-bond donors (Lipinski definition) is 1. The van der Waals surface area contributed by atoms with Gasteiger partial charge < -0.3 is 14.9 Å². The van der Waals surface area contributed by atoms with Gasteiger partial charge in [0, 0.05) is 12.6 Å². The van der Waals surface area contributed by atoms with E-state index in [9.17, 15) is 14.7 Å². The first-order valence-electron chi connectivity index (χ1n) is 6.66. The Balaban J connectivity index is 2.20. The van der Waals surface area contributed by atoms with Crippen LogP contribution in [0.4, 0.5) is 0 Å². The molecule has 5 nitrogen and oxygen atoms in total. The lowest BCUT2D eigenvalue weighted by atomic mass is 9.96. The second kappa shape index (κ2) is 5.93. The molecule has 1 aliphatic heterocycles. The third kappa shape index (κ3) is 2.86. The van der Waals surface area contributed by atoms with Crippen molar-refractivity contribution in [1.29, 1.82) is 0 Å². The van der Waals surface area contributed by atoms with Crippen molar-refractivity contribution < 1.29 is 14.7 Å². The Labute approximate surface area is 122 Å². The Kier molecular flexibility index (Phi) is 4.45. The van der Waals surface area contributed by atoms with Crippen molar-refractivity contribution in [3.8, 4) is 0 Å². The van der Waals surface area contributed by atoms with E-state index >= 15 is 0 Å². The summed E-state index contributed by atoms with van der Waals surface area (Å²) in [4.78, 5) is 28.2. The van der Waals surface area contributed by atoms with Crippen molar-refractivity contribution in [2.75, 3.05) is 20.6 Å². The quantitative estimate of drug-likeness (QED) is 0.922. The van der Waals surface area contributed by atoms with Gasteiger partial charge in [0.15, 0.2) is 0 Å². The van der Waals surface area contributed by atoms with Gasteiger partial charge in [0.2, 0.25) is 0 Å². The topological polar surface area (TPSA) is 60.9 Å². The summed E-state index contributed by atoms with van der Waals surface area (Å²) in [6.45, 7) is 2.38. The van der Waals surface area contributed by atoms with E-state index in [1.54, 1.807) is 0 Å². The number of aliphatic carboxylic acids is 1. The summed E-state index contributed by atoms with van der Waals surface area (Å²) in [5.41, 5.74) is 0.916. The lowest BCUT2D eigenvalue weighted by Crippen LogP contribution is -2.53. The molecule has 1 aromatic rings. The van der Waals surface area contributed by atoms with E-state index in [0.29, 0.717) is 17.8 Å². The predicted octanol–water partition coefficient (Wildman–Crippen LogP) is 1.68. The molecular formula is C14H20N2O3S. The monoisotopic (exact) mass is 296 g/mol. The fourth-order valence-electron chi connectivity index (χ4n) is 2.62. The zero-order valence-electron chi connectivity index (χ0n) is 12.0. The molecule has 20 heavy (non-hydrogen) atoms. The van der Waals surface area contributed by atoms with E-state index in [1.165, 1.54) is 16.2 Å². The first kappa shape index (κ1) is 15.0. The molecule has 1 aromatic heterocycles. The highest BCUT2D eigenvalue weighted by atomic mass is 32.1. The van der Waals surface area contributed by atoms with Gasteiger partial charge in [-0.2, -0.15) is 0 Å². The van der Waals surface area contributed by atoms with E-state index in [-0.39, 0.29) is 11.9 Å². The SMILES string of the molecule is Cc1ccsc1C(=O)N1CCC(N(C)C)CC1C(=O)O. The maximum atomic E-state index is 12.5. The highest BCUT2D eigenvalue weighted by molar-refractivity contribution is 7.12. The fourth-order valence-corrected chi connectivity index (χ4v) is 3.50. The van der Waals surface area contributed by atoms with Crippen LogP contribution in [0.25, 0.3) is 0 Å². The van der Waals surface area contributed by atoms with Crippen LogP contribution in [0.15, 0.2) is 11.4 Å². The van der Waals surface area contributed by atoms with Crippen LogP contribution >= 0.6 is 11.3 Å². The number of likely N-dealkylation sites (tertiary alicyclic amines) is 1. The van der Waals surface area contributed by atoms with Crippen LogP contribution in [-0.4, -0.2) is 59.5 Å². The number of carboxylic acid groups (broad SMARTS) is 1. The summed E-state index contributed by atoms with van der Waals surface area (Å²) in [6.07, 6.45) is 1.30. The minimum Gasteiger partial charge on any atom is -0.480 e. The lowest BCUT2D eigenvalue weighted by Gasteiger charge is -2.39. The first-order valence-corrected chi connectivity index (χ1v) is 7.54. The van der Waals surface area contributed by atoms with Gasteiger partial charge in [-0.15, -0.1) is 11.3 Å². The molecule has 6 heteroatoms. The third-order valence-electron chi connectivity index (χ3n) is 3.91.